The third kappa shape index (κ3) is 4.86. The van der Waals surface area contributed by atoms with Crippen molar-refractivity contribution in [2.45, 2.75) is 38.0 Å². The molecule has 0 N–H and O–H groups in total. The molecule has 6 heteroatoms. The number of anilines is 1. The smallest absolute Gasteiger partial charge is 0.243 e. The highest BCUT2D eigenvalue weighted by molar-refractivity contribution is 7.89. The summed E-state index contributed by atoms with van der Waals surface area (Å²) in [4.78, 5) is 2.57. The SMILES string of the molecule is CCCCCOc1ccc(S(=O)(=O)N2CCN(c3ccccc3)CC2)cc1C. The van der Waals surface area contributed by atoms with Crippen molar-refractivity contribution in [1.29, 1.82) is 0 Å². The second kappa shape index (κ2) is 9.43. The van der Waals surface area contributed by atoms with Gasteiger partial charge in [-0.05, 0) is 49.2 Å². The molecule has 152 valence electrons. The van der Waals surface area contributed by atoms with Crippen LogP contribution in [0.25, 0.3) is 0 Å². The molecule has 0 spiro atoms. The first-order valence-corrected chi connectivity index (χ1v) is 11.5. The summed E-state index contributed by atoms with van der Waals surface area (Å²) in [5.41, 5.74) is 2.00. The molecule has 0 aromatic heterocycles. The Morgan fingerprint density at radius 1 is 0.964 bits per heavy atom. The summed E-state index contributed by atoms with van der Waals surface area (Å²) < 4.78 is 33.5. The van der Waals surface area contributed by atoms with Gasteiger partial charge < -0.3 is 9.64 Å². The number of rotatable bonds is 8. The van der Waals surface area contributed by atoms with Crippen LogP contribution in [0.5, 0.6) is 5.75 Å². The molecule has 1 heterocycles. The van der Waals surface area contributed by atoms with Gasteiger partial charge in [-0.2, -0.15) is 4.31 Å². The number of hydrogen-bond donors (Lipinski definition) is 0. The fourth-order valence-corrected chi connectivity index (χ4v) is 4.96. The van der Waals surface area contributed by atoms with Crippen molar-refractivity contribution in [2.75, 3.05) is 37.7 Å². The molecule has 1 aliphatic rings. The van der Waals surface area contributed by atoms with Gasteiger partial charge in [0.2, 0.25) is 10.0 Å². The quantitative estimate of drug-likeness (QED) is 0.625. The molecule has 28 heavy (non-hydrogen) atoms. The van der Waals surface area contributed by atoms with E-state index in [0.29, 0.717) is 37.7 Å². The molecule has 0 bridgehead atoms. The lowest BCUT2D eigenvalue weighted by Gasteiger charge is -2.35. The highest BCUT2D eigenvalue weighted by Crippen LogP contribution is 2.26. The van der Waals surface area contributed by atoms with E-state index in [-0.39, 0.29) is 0 Å². The summed E-state index contributed by atoms with van der Waals surface area (Å²) in [6, 6.07) is 15.3. The van der Waals surface area contributed by atoms with E-state index in [1.807, 2.05) is 25.1 Å². The van der Waals surface area contributed by atoms with Crippen molar-refractivity contribution in [2.24, 2.45) is 0 Å². The molecule has 0 radical (unpaired) electrons. The lowest BCUT2D eigenvalue weighted by atomic mass is 10.2. The molecule has 0 saturated carbocycles. The summed E-state index contributed by atoms with van der Waals surface area (Å²) in [5.74, 6) is 0.768. The van der Waals surface area contributed by atoms with E-state index in [4.69, 9.17) is 4.74 Å². The molecule has 2 aromatic carbocycles. The van der Waals surface area contributed by atoms with Crippen LogP contribution >= 0.6 is 0 Å². The Balaban J connectivity index is 1.64. The van der Waals surface area contributed by atoms with Gasteiger partial charge in [0.05, 0.1) is 11.5 Å². The number of sulfonamides is 1. The topological polar surface area (TPSA) is 49.9 Å². The monoisotopic (exact) mass is 402 g/mol. The predicted octanol–water partition coefficient (Wildman–Crippen LogP) is 4.07. The zero-order chi connectivity index (χ0) is 20.0. The van der Waals surface area contributed by atoms with E-state index in [9.17, 15) is 8.42 Å². The van der Waals surface area contributed by atoms with Crippen LogP contribution in [-0.4, -0.2) is 45.5 Å². The molecule has 0 aliphatic carbocycles. The van der Waals surface area contributed by atoms with E-state index in [2.05, 4.69) is 24.0 Å². The van der Waals surface area contributed by atoms with Crippen molar-refractivity contribution in [3.05, 3.63) is 54.1 Å². The van der Waals surface area contributed by atoms with Crippen LogP contribution in [0, 0.1) is 6.92 Å². The first-order valence-electron chi connectivity index (χ1n) is 10.1. The van der Waals surface area contributed by atoms with Crippen molar-refractivity contribution in [1.82, 2.24) is 4.31 Å². The van der Waals surface area contributed by atoms with Gasteiger partial charge in [0.25, 0.3) is 0 Å². The Morgan fingerprint density at radius 2 is 1.68 bits per heavy atom. The largest absolute Gasteiger partial charge is 0.493 e. The zero-order valence-electron chi connectivity index (χ0n) is 16.8. The Hall–Kier alpha value is -2.05. The number of hydrogen-bond acceptors (Lipinski definition) is 4. The number of nitrogens with zero attached hydrogens (tertiary/aromatic N) is 2. The van der Waals surface area contributed by atoms with Gasteiger partial charge in [0.1, 0.15) is 5.75 Å². The Morgan fingerprint density at radius 3 is 2.32 bits per heavy atom. The Labute approximate surface area is 169 Å². The number of para-hydroxylation sites is 1. The zero-order valence-corrected chi connectivity index (χ0v) is 17.6. The second-order valence-electron chi connectivity index (χ2n) is 7.21. The third-order valence-corrected chi connectivity index (χ3v) is 7.04. The maximum atomic E-state index is 13.1. The van der Waals surface area contributed by atoms with Gasteiger partial charge >= 0.3 is 0 Å². The number of piperazine rings is 1. The van der Waals surface area contributed by atoms with Crippen LogP contribution in [0.4, 0.5) is 5.69 Å². The highest BCUT2D eigenvalue weighted by atomic mass is 32.2. The van der Waals surface area contributed by atoms with Crippen LogP contribution in [-0.2, 0) is 10.0 Å². The summed E-state index contributed by atoms with van der Waals surface area (Å²) in [6.07, 6.45) is 3.30. The molecular weight excluding hydrogens is 372 g/mol. The third-order valence-electron chi connectivity index (χ3n) is 5.15. The highest BCUT2D eigenvalue weighted by Gasteiger charge is 2.29. The predicted molar refractivity (Wildman–Crippen MR) is 114 cm³/mol. The lowest BCUT2D eigenvalue weighted by Crippen LogP contribution is -2.48. The van der Waals surface area contributed by atoms with E-state index >= 15 is 0 Å². The summed E-state index contributed by atoms with van der Waals surface area (Å²) >= 11 is 0. The minimum absolute atomic E-state index is 0.346. The minimum Gasteiger partial charge on any atom is -0.493 e. The van der Waals surface area contributed by atoms with Crippen molar-refractivity contribution in [3.8, 4) is 5.75 Å². The van der Waals surface area contributed by atoms with Crippen molar-refractivity contribution < 1.29 is 13.2 Å². The van der Waals surface area contributed by atoms with E-state index in [1.165, 1.54) is 0 Å². The molecule has 0 amide bonds. The average Bonchev–Trinajstić information content (AvgIpc) is 2.73. The van der Waals surface area contributed by atoms with Crippen molar-refractivity contribution >= 4 is 15.7 Å². The number of benzene rings is 2. The maximum absolute atomic E-state index is 13.1. The Bertz CT molecular complexity index is 861. The summed E-state index contributed by atoms with van der Waals surface area (Å²) in [5, 5.41) is 0. The van der Waals surface area contributed by atoms with Gasteiger partial charge in [-0.25, -0.2) is 8.42 Å². The molecule has 1 fully saturated rings. The van der Waals surface area contributed by atoms with Crippen LogP contribution in [0.2, 0.25) is 0 Å². The number of aryl methyl sites for hydroxylation is 1. The summed E-state index contributed by atoms with van der Waals surface area (Å²) in [6.45, 7) is 7.10. The van der Waals surface area contributed by atoms with Crippen LogP contribution in [0.15, 0.2) is 53.4 Å². The van der Waals surface area contributed by atoms with E-state index in [0.717, 1.165) is 36.3 Å². The summed E-state index contributed by atoms with van der Waals surface area (Å²) in [7, 11) is -3.48. The lowest BCUT2D eigenvalue weighted by molar-refractivity contribution is 0.304. The molecule has 1 aliphatic heterocycles. The first-order chi connectivity index (χ1) is 13.5. The standard InChI is InChI=1S/C22H30N2O3S/c1-3-4-8-17-27-22-12-11-21(18-19(22)2)28(25,26)24-15-13-23(14-16-24)20-9-6-5-7-10-20/h5-7,9-12,18H,3-4,8,13-17H2,1-2H3. The van der Waals surface area contributed by atoms with Gasteiger partial charge in [0, 0.05) is 31.9 Å². The van der Waals surface area contributed by atoms with Gasteiger partial charge in [-0.3, -0.25) is 0 Å². The molecule has 0 unspecified atom stereocenters. The van der Waals surface area contributed by atoms with E-state index < -0.39 is 10.0 Å². The number of unbranched alkanes of at least 4 members (excludes halogenated alkanes) is 2. The average molecular weight is 403 g/mol. The van der Waals surface area contributed by atoms with E-state index in [1.54, 1.807) is 22.5 Å². The van der Waals surface area contributed by atoms with Gasteiger partial charge in [-0.1, -0.05) is 38.0 Å². The van der Waals surface area contributed by atoms with Crippen LogP contribution in [0.3, 0.4) is 0 Å². The molecule has 0 atom stereocenters. The molecule has 3 rings (SSSR count). The number of ether oxygens (including phenoxy) is 1. The first kappa shape index (κ1) is 20.7. The minimum atomic E-state index is -3.48. The molecule has 5 nitrogen and oxygen atoms in total. The molecular formula is C22H30N2O3S. The fourth-order valence-electron chi connectivity index (χ4n) is 3.45. The van der Waals surface area contributed by atoms with Crippen molar-refractivity contribution in [3.63, 3.8) is 0 Å². The Kier molecular flexibility index (Phi) is 6.97. The molecule has 1 saturated heterocycles. The van der Waals surface area contributed by atoms with Crippen LogP contribution < -0.4 is 9.64 Å². The van der Waals surface area contributed by atoms with Gasteiger partial charge in [0.15, 0.2) is 0 Å². The maximum Gasteiger partial charge on any atom is 0.243 e. The van der Waals surface area contributed by atoms with Crippen LogP contribution in [0.1, 0.15) is 31.7 Å². The van der Waals surface area contributed by atoms with Gasteiger partial charge in [-0.15, -0.1) is 0 Å². The fraction of sp³-hybridized carbons (Fsp3) is 0.455. The second-order valence-corrected chi connectivity index (χ2v) is 9.15. The normalized spacial score (nSPS) is 15.6. The molecule has 2 aromatic rings.